The molecule has 0 aliphatic heterocycles. The maximum absolute atomic E-state index is 12.9. The summed E-state index contributed by atoms with van der Waals surface area (Å²) in [6.45, 7) is 4.42. The number of hydrogen-bond donors (Lipinski definition) is 1. The number of nitrogens with one attached hydrogen (secondary N) is 1. The zero-order chi connectivity index (χ0) is 11.1. The molecule has 1 rings (SSSR count). The molecule has 0 fully saturated rings. The highest BCUT2D eigenvalue weighted by molar-refractivity contribution is 5.49. The fourth-order valence-electron chi connectivity index (χ4n) is 1.20. The molecular formula is C12H13FN2. The molecule has 0 aromatic heterocycles. The normalized spacial score (nSPS) is 9.33. The van der Waals surface area contributed by atoms with Crippen molar-refractivity contribution in [2.24, 2.45) is 0 Å². The topological polar surface area (TPSA) is 35.8 Å². The van der Waals surface area contributed by atoms with Crippen molar-refractivity contribution in [1.82, 2.24) is 0 Å². The molecule has 78 valence electrons. The monoisotopic (exact) mass is 204 g/mol. The minimum Gasteiger partial charge on any atom is -0.385 e. The van der Waals surface area contributed by atoms with Gasteiger partial charge in [-0.15, -0.1) is 6.58 Å². The summed E-state index contributed by atoms with van der Waals surface area (Å²) in [5.41, 5.74) is 0.848. The number of benzene rings is 1. The van der Waals surface area contributed by atoms with Crippen LogP contribution in [0.5, 0.6) is 0 Å². The molecule has 0 saturated carbocycles. The Morgan fingerprint density at radius 2 is 2.33 bits per heavy atom. The van der Waals surface area contributed by atoms with Crippen molar-refractivity contribution in [2.45, 2.75) is 12.8 Å². The number of unbranched alkanes of at least 4 members (excludes halogenated alkanes) is 1. The lowest BCUT2D eigenvalue weighted by Gasteiger charge is -2.05. The van der Waals surface area contributed by atoms with Crippen LogP contribution in [0.15, 0.2) is 30.9 Å². The Bertz CT molecular complexity index is 380. The summed E-state index contributed by atoms with van der Waals surface area (Å²) in [5.74, 6) is -0.478. The molecule has 1 aromatic rings. The number of rotatable bonds is 5. The molecular weight excluding hydrogens is 191 g/mol. The average molecular weight is 204 g/mol. The van der Waals surface area contributed by atoms with Crippen molar-refractivity contribution in [3.05, 3.63) is 42.2 Å². The van der Waals surface area contributed by atoms with Crippen molar-refractivity contribution in [3.63, 3.8) is 0 Å². The molecule has 1 N–H and O–H groups in total. The van der Waals surface area contributed by atoms with E-state index in [0.717, 1.165) is 25.1 Å². The van der Waals surface area contributed by atoms with Gasteiger partial charge in [0, 0.05) is 12.2 Å². The Balaban J connectivity index is 2.55. The van der Waals surface area contributed by atoms with Gasteiger partial charge in [-0.2, -0.15) is 5.26 Å². The standard InChI is InChI=1S/C12H13FN2/c1-2-3-4-7-15-11-5-6-12(13)10(8-11)9-14/h2,5-6,8,15H,1,3-4,7H2. The smallest absolute Gasteiger partial charge is 0.141 e. The number of nitriles is 1. The molecule has 0 saturated heterocycles. The third-order valence-corrected chi connectivity index (χ3v) is 2.00. The summed E-state index contributed by atoms with van der Waals surface area (Å²) in [5, 5.41) is 11.7. The van der Waals surface area contributed by atoms with E-state index >= 15 is 0 Å². The Hall–Kier alpha value is -1.82. The van der Waals surface area contributed by atoms with Gasteiger partial charge in [-0.05, 0) is 31.0 Å². The minimum atomic E-state index is -0.478. The molecule has 0 bridgehead atoms. The lowest BCUT2D eigenvalue weighted by molar-refractivity contribution is 0.624. The SMILES string of the molecule is C=CCCCNc1ccc(F)c(C#N)c1. The largest absolute Gasteiger partial charge is 0.385 e. The van der Waals surface area contributed by atoms with Crippen molar-refractivity contribution in [2.75, 3.05) is 11.9 Å². The van der Waals surface area contributed by atoms with E-state index < -0.39 is 5.82 Å². The Morgan fingerprint density at radius 3 is 3.00 bits per heavy atom. The first-order valence-electron chi connectivity index (χ1n) is 4.82. The van der Waals surface area contributed by atoms with Gasteiger partial charge in [0.25, 0.3) is 0 Å². The molecule has 1 aromatic carbocycles. The first-order chi connectivity index (χ1) is 7.27. The number of nitrogens with zero attached hydrogens (tertiary/aromatic N) is 1. The van der Waals surface area contributed by atoms with E-state index in [-0.39, 0.29) is 5.56 Å². The minimum absolute atomic E-state index is 0.0729. The quantitative estimate of drug-likeness (QED) is 0.591. The lowest BCUT2D eigenvalue weighted by atomic mass is 10.2. The molecule has 0 spiro atoms. The first-order valence-corrected chi connectivity index (χ1v) is 4.82. The van der Waals surface area contributed by atoms with Crippen LogP contribution in [0.2, 0.25) is 0 Å². The molecule has 15 heavy (non-hydrogen) atoms. The third-order valence-electron chi connectivity index (χ3n) is 2.00. The van der Waals surface area contributed by atoms with Crippen LogP contribution < -0.4 is 5.32 Å². The van der Waals surface area contributed by atoms with Gasteiger partial charge in [0.15, 0.2) is 0 Å². The zero-order valence-electron chi connectivity index (χ0n) is 8.46. The second-order valence-corrected chi connectivity index (χ2v) is 3.16. The van der Waals surface area contributed by atoms with Crippen molar-refractivity contribution >= 4 is 5.69 Å². The maximum atomic E-state index is 12.9. The molecule has 0 radical (unpaired) electrons. The zero-order valence-corrected chi connectivity index (χ0v) is 8.46. The van der Waals surface area contributed by atoms with Gasteiger partial charge in [0.1, 0.15) is 11.9 Å². The maximum Gasteiger partial charge on any atom is 0.141 e. The number of hydrogen-bond acceptors (Lipinski definition) is 2. The summed E-state index contributed by atoms with van der Waals surface area (Å²) in [6, 6.07) is 6.25. The summed E-state index contributed by atoms with van der Waals surface area (Å²) < 4.78 is 12.9. The van der Waals surface area contributed by atoms with E-state index in [2.05, 4.69) is 11.9 Å². The molecule has 3 heteroatoms. The molecule has 0 atom stereocenters. The summed E-state index contributed by atoms with van der Waals surface area (Å²) in [6.07, 6.45) is 3.77. The predicted octanol–water partition coefficient (Wildman–Crippen LogP) is 3.08. The molecule has 0 unspecified atom stereocenters. The molecule has 2 nitrogen and oxygen atoms in total. The van der Waals surface area contributed by atoms with Crippen molar-refractivity contribution < 1.29 is 4.39 Å². The van der Waals surface area contributed by atoms with Gasteiger partial charge in [0.2, 0.25) is 0 Å². The molecule has 0 aliphatic carbocycles. The van der Waals surface area contributed by atoms with Crippen LogP contribution in [0.1, 0.15) is 18.4 Å². The fourth-order valence-corrected chi connectivity index (χ4v) is 1.20. The van der Waals surface area contributed by atoms with Crippen LogP contribution in [0.3, 0.4) is 0 Å². The Labute approximate surface area is 89.0 Å². The third kappa shape index (κ3) is 3.43. The molecule has 0 heterocycles. The van der Waals surface area contributed by atoms with Crippen LogP contribution in [-0.4, -0.2) is 6.54 Å². The van der Waals surface area contributed by atoms with Gasteiger partial charge in [-0.3, -0.25) is 0 Å². The highest BCUT2D eigenvalue weighted by atomic mass is 19.1. The van der Waals surface area contributed by atoms with E-state index in [0.29, 0.717) is 0 Å². The van der Waals surface area contributed by atoms with Gasteiger partial charge in [-0.25, -0.2) is 4.39 Å². The summed E-state index contributed by atoms with van der Waals surface area (Å²) in [4.78, 5) is 0. The fraction of sp³-hybridized carbons (Fsp3) is 0.250. The van der Waals surface area contributed by atoms with E-state index in [9.17, 15) is 4.39 Å². The van der Waals surface area contributed by atoms with Crippen LogP contribution in [0.4, 0.5) is 10.1 Å². The highest BCUT2D eigenvalue weighted by Gasteiger charge is 2.01. The van der Waals surface area contributed by atoms with Crippen LogP contribution in [0, 0.1) is 17.1 Å². The van der Waals surface area contributed by atoms with Crippen LogP contribution in [-0.2, 0) is 0 Å². The van der Waals surface area contributed by atoms with Crippen molar-refractivity contribution in [3.8, 4) is 6.07 Å². The predicted molar refractivity (Wildman–Crippen MR) is 59.0 cm³/mol. The highest BCUT2D eigenvalue weighted by Crippen LogP contribution is 2.13. The second-order valence-electron chi connectivity index (χ2n) is 3.16. The molecule has 0 aliphatic rings. The van der Waals surface area contributed by atoms with Crippen LogP contribution in [0.25, 0.3) is 0 Å². The Morgan fingerprint density at radius 1 is 1.53 bits per heavy atom. The van der Waals surface area contributed by atoms with Gasteiger partial charge in [0.05, 0.1) is 5.56 Å². The van der Waals surface area contributed by atoms with Gasteiger partial charge >= 0.3 is 0 Å². The second kappa shape index (κ2) is 5.82. The van der Waals surface area contributed by atoms with E-state index in [4.69, 9.17) is 5.26 Å². The summed E-state index contributed by atoms with van der Waals surface area (Å²) >= 11 is 0. The number of halogens is 1. The van der Waals surface area contributed by atoms with Gasteiger partial charge in [-0.1, -0.05) is 6.08 Å². The van der Waals surface area contributed by atoms with Crippen LogP contribution >= 0.6 is 0 Å². The average Bonchev–Trinajstić information content (AvgIpc) is 2.26. The van der Waals surface area contributed by atoms with E-state index in [1.807, 2.05) is 6.08 Å². The Kier molecular flexibility index (Phi) is 4.36. The number of allylic oxidation sites excluding steroid dienone is 1. The number of anilines is 1. The molecule has 0 amide bonds. The van der Waals surface area contributed by atoms with Crippen molar-refractivity contribution in [1.29, 1.82) is 5.26 Å². The van der Waals surface area contributed by atoms with Gasteiger partial charge < -0.3 is 5.32 Å². The van der Waals surface area contributed by atoms with E-state index in [1.165, 1.54) is 12.1 Å². The first kappa shape index (κ1) is 11.3. The lowest BCUT2D eigenvalue weighted by Crippen LogP contribution is -2.01. The van der Waals surface area contributed by atoms with E-state index in [1.54, 1.807) is 12.1 Å². The summed E-state index contributed by atoms with van der Waals surface area (Å²) in [7, 11) is 0.